The van der Waals surface area contributed by atoms with Crippen LogP contribution in [0, 0.1) is 0 Å². The molecule has 0 aliphatic rings. The van der Waals surface area contributed by atoms with E-state index in [1.807, 2.05) is 0 Å². The number of hydrogen-bond donors (Lipinski definition) is 2. The molecule has 0 radical (unpaired) electrons. The Morgan fingerprint density at radius 2 is 2.29 bits per heavy atom. The van der Waals surface area contributed by atoms with Gasteiger partial charge in [0.05, 0.1) is 11.3 Å². The minimum atomic E-state index is -1.06. The van der Waals surface area contributed by atoms with Gasteiger partial charge in [0.15, 0.2) is 0 Å². The Hall–Kier alpha value is -1.40. The molecule has 0 spiro atoms. The lowest BCUT2D eigenvalue weighted by Gasteiger charge is -2.02. The number of amides is 1. The maximum absolute atomic E-state index is 11.1. The molecule has 2 N–H and O–H groups in total. The number of nitrogens with one attached hydrogen (secondary N) is 1. The van der Waals surface area contributed by atoms with Gasteiger partial charge in [-0.1, -0.05) is 0 Å². The molecule has 0 bridgehead atoms. The molecule has 0 atom stereocenters. The summed E-state index contributed by atoms with van der Waals surface area (Å²) in [7, 11) is 1.39. The smallest absolute Gasteiger partial charge is 0.338 e. The Bertz CT molecular complexity index is 347. The quantitative estimate of drug-likeness (QED) is 0.786. The summed E-state index contributed by atoms with van der Waals surface area (Å²) in [5.74, 6) is -1.42. The number of carbonyl (C=O) groups is 2. The third-order valence-electron chi connectivity index (χ3n) is 1.44. The lowest BCUT2D eigenvalue weighted by atomic mass is 10.3. The van der Waals surface area contributed by atoms with Crippen LogP contribution < -0.4 is 5.32 Å². The van der Waals surface area contributed by atoms with Crippen molar-refractivity contribution in [2.24, 2.45) is 0 Å². The van der Waals surface area contributed by atoms with Crippen LogP contribution in [0.1, 0.15) is 10.4 Å². The van der Waals surface area contributed by atoms with Gasteiger partial charge in [0.25, 0.3) is 0 Å². The molecule has 76 valence electrons. The second-order valence-electron chi connectivity index (χ2n) is 2.49. The van der Waals surface area contributed by atoms with Crippen LogP contribution in [0.25, 0.3) is 0 Å². The van der Waals surface area contributed by atoms with Gasteiger partial charge in [-0.3, -0.25) is 4.79 Å². The highest BCUT2D eigenvalue weighted by molar-refractivity contribution is 7.08. The fraction of sp³-hybridized carbons (Fsp3) is 0.250. The number of carboxylic acid groups (broad SMARTS) is 1. The van der Waals surface area contributed by atoms with E-state index in [1.54, 1.807) is 5.38 Å². The van der Waals surface area contributed by atoms with Gasteiger partial charge >= 0.3 is 5.97 Å². The fourth-order valence-corrected chi connectivity index (χ4v) is 1.63. The van der Waals surface area contributed by atoms with Crippen LogP contribution in [0.2, 0.25) is 0 Å². The molecule has 0 fully saturated rings. The number of hydrogen-bond acceptors (Lipinski definition) is 4. The second kappa shape index (κ2) is 4.73. The van der Waals surface area contributed by atoms with Crippen LogP contribution in [0.3, 0.4) is 0 Å². The normalized spacial score (nSPS) is 9.79. The average Bonchev–Trinajstić information content (AvgIpc) is 2.52. The second-order valence-corrected chi connectivity index (χ2v) is 3.23. The maximum Gasteiger partial charge on any atom is 0.338 e. The summed E-state index contributed by atoms with van der Waals surface area (Å²) >= 11 is 1.22. The molecular weight excluding hydrogens is 206 g/mol. The molecule has 0 saturated heterocycles. The number of aromatic carboxylic acids is 1. The highest BCUT2D eigenvalue weighted by Crippen LogP contribution is 2.20. The largest absolute Gasteiger partial charge is 0.478 e. The number of ether oxygens (including phenoxy) is 1. The van der Waals surface area contributed by atoms with E-state index in [1.165, 1.54) is 23.8 Å². The van der Waals surface area contributed by atoms with Crippen molar-refractivity contribution in [1.29, 1.82) is 0 Å². The molecular formula is C8H9NO4S. The van der Waals surface area contributed by atoms with Crippen molar-refractivity contribution in [1.82, 2.24) is 0 Å². The zero-order chi connectivity index (χ0) is 10.6. The Morgan fingerprint density at radius 1 is 1.57 bits per heavy atom. The van der Waals surface area contributed by atoms with E-state index >= 15 is 0 Å². The minimum absolute atomic E-state index is 0.0884. The predicted molar refractivity (Wildman–Crippen MR) is 51.8 cm³/mol. The molecule has 5 nitrogen and oxygen atoms in total. The van der Waals surface area contributed by atoms with Crippen molar-refractivity contribution in [2.75, 3.05) is 19.0 Å². The van der Waals surface area contributed by atoms with Gasteiger partial charge in [0.2, 0.25) is 5.91 Å². The van der Waals surface area contributed by atoms with E-state index in [-0.39, 0.29) is 18.1 Å². The Morgan fingerprint density at radius 3 is 2.86 bits per heavy atom. The SMILES string of the molecule is COCC(=O)Nc1cscc1C(=O)O. The molecule has 0 aliphatic heterocycles. The first-order valence-corrected chi connectivity index (χ1v) is 4.67. The monoisotopic (exact) mass is 215 g/mol. The summed E-state index contributed by atoms with van der Waals surface area (Å²) in [4.78, 5) is 21.7. The first-order chi connectivity index (χ1) is 6.65. The Kier molecular flexibility index (Phi) is 3.61. The van der Waals surface area contributed by atoms with Crippen LogP contribution in [0.4, 0.5) is 5.69 Å². The van der Waals surface area contributed by atoms with Crippen molar-refractivity contribution in [2.45, 2.75) is 0 Å². The molecule has 1 aromatic heterocycles. The highest BCUT2D eigenvalue weighted by Gasteiger charge is 2.12. The number of thiophene rings is 1. The summed E-state index contributed by atoms with van der Waals surface area (Å²) in [5.41, 5.74) is 0.406. The number of rotatable bonds is 4. The highest BCUT2D eigenvalue weighted by atomic mass is 32.1. The standard InChI is InChI=1S/C8H9NO4S/c1-13-2-7(10)9-6-4-14-3-5(6)8(11)12/h3-4H,2H2,1H3,(H,9,10)(H,11,12). The van der Waals surface area contributed by atoms with Gasteiger partial charge in [0.1, 0.15) is 6.61 Å². The van der Waals surface area contributed by atoms with E-state index in [9.17, 15) is 9.59 Å². The van der Waals surface area contributed by atoms with Crippen LogP contribution in [0.15, 0.2) is 10.8 Å². The minimum Gasteiger partial charge on any atom is -0.478 e. The van der Waals surface area contributed by atoms with Crippen LogP contribution >= 0.6 is 11.3 Å². The van der Waals surface area contributed by atoms with E-state index in [0.717, 1.165) is 0 Å². The summed E-state index contributed by atoms with van der Waals surface area (Å²) in [6, 6.07) is 0. The van der Waals surface area contributed by atoms with E-state index in [0.29, 0.717) is 5.69 Å². The van der Waals surface area contributed by atoms with E-state index in [2.05, 4.69) is 10.1 Å². The fourth-order valence-electron chi connectivity index (χ4n) is 0.877. The van der Waals surface area contributed by atoms with Crippen LogP contribution in [-0.2, 0) is 9.53 Å². The molecule has 1 rings (SSSR count). The summed E-state index contributed by atoms with van der Waals surface area (Å²) < 4.78 is 4.60. The average molecular weight is 215 g/mol. The molecule has 1 amide bonds. The number of anilines is 1. The first kappa shape index (κ1) is 10.7. The van der Waals surface area contributed by atoms with Gasteiger partial charge in [-0.15, -0.1) is 11.3 Å². The zero-order valence-corrected chi connectivity index (χ0v) is 8.26. The molecule has 1 aromatic rings. The molecule has 6 heteroatoms. The third-order valence-corrected chi connectivity index (χ3v) is 2.19. The molecule has 0 unspecified atom stereocenters. The number of carboxylic acids is 1. The van der Waals surface area contributed by atoms with Gasteiger partial charge in [0, 0.05) is 17.9 Å². The van der Waals surface area contributed by atoms with E-state index < -0.39 is 5.97 Å². The Balaban J connectivity index is 2.71. The van der Waals surface area contributed by atoms with Crippen molar-refractivity contribution in [3.05, 3.63) is 16.3 Å². The zero-order valence-electron chi connectivity index (χ0n) is 7.44. The summed E-state index contributed by atoms with van der Waals surface area (Å²) in [6.45, 7) is -0.0884. The molecule has 0 aliphatic carbocycles. The van der Waals surface area contributed by atoms with Crippen molar-refractivity contribution >= 4 is 28.9 Å². The number of methoxy groups -OCH3 is 1. The molecule has 0 aromatic carbocycles. The van der Waals surface area contributed by atoms with Gasteiger partial charge in [-0.05, 0) is 0 Å². The third kappa shape index (κ3) is 2.54. The van der Waals surface area contributed by atoms with Crippen molar-refractivity contribution in [3.63, 3.8) is 0 Å². The maximum atomic E-state index is 11.1. The summed E-state index contributed by atoms with van der Waals surface area (Å²) in [5, 5.41) is 14.2. The molecule has 14 heavy (non-hydrogen) atoms. The predicted octanol–water partition coefficient (Wildman–Crippen LogP) is 1.03. The van der Waals surface area contributed by atoms with Crippen molar-refractivity contribution < 1.29 is 19.4 Å². The lowest BCUT2D eigenvalue weighted by Crippen LogP contribution is -2.18. The topological polar surface area (TPSA) is 75.6 Å². The van der Waals surface area contributed by atoms with E-state index in [4.69, 9.17) is 5.11 Å². The van der Waals surface area contributed by atoms with Crippen LogP contribution in [-0.4, -0.2) is 30.7 Å². The van der Waals surface area contributed by atoms with Gasteiger partial charge in [-0.25, -0.2) is 4.79 Å². The lowest BCUT2D eigenvalue weighted by molar-refractivity contribution is -0.119. The first-order valence-electron chi connectivity index (χ1n) is 3.73. The summed E-state index contributed by atoms with van der Waals surface area (Å²) in [6.07, 6.45) is 0. The Labute approximate surface area is 84.3 Å². The van der Waals surface area contributed by atoms with Crippen LogP contribution in [0.5, 0.6) is 0 Å². The molecule has 1 heterocycles. The van der Waals surface area contributed by atoms with Gasteiger partial charge < -0.3 is 15.2 Å². The van der Waals surface area contributed by atoms with Crippen molar-refractivity contribution in [3.8, 4) is 0 Å². The molecule has 0 saturated carbocycles. The number of carbonyl (C=O) groups excluding carboxylic acids is 1. The van der Waals surface area contributed by atoms with Gasteiger partial charge in [-0.2, -0.15) is 0 Å².